The standard InChI is InChI=1S/C14H10F4N4O2S/c1-7-10(3-2-9(12(7)15)14(16,17)18)22-25(23,24)11-5-20-13-8(11)4-19-6-21-13/h2-6,22H,1H3,(H,19,20,21). The number of nitrogens with zero attached hydrogens (tertiary/aromatic N) is 2. The molecule has 0 aliphatic carbocycles. The van der Waals surface area contributed by atoms with E-state index in [9.17, 15) is 26.0 Å². The van der Waals surface area contributed by atoms with Crippen LogP contribution in [0.5, 0.6) is 0 Å². The third-order valence-corrected chi connectivity index (χ3v) is 4.95. The predicted molar refractivity (Wildman–Crippen MR) is 80.8 cm³/mol. The van der Waals surface area contributed by atoms with E-state index in [0.717, 1.165) is 19.2 Å². The van der Waals surface area contributed by atoms with Crippen LogP contribution in [0, 0.1) is 12.7 Å². The summed E-state index contributed by atoms with van der Waals surface area (Å²) >= 11 is 0. The summed E-state index contributed by atoms with van der Waals surface area (Å²) < 4.78 is 79.1. The summed E-state index contributed by atoms with van der Waals surface area (Å²) in [5.41, 5.74) is -1.95. The molecule has 25 heavy (non-hydrogen) atoms. The normalized spacial score (nSPS) is 12.5. The van der Waals surface area contributed by atoms with Crippen molar-refractivity contribution in [2.45, 2.75) is 18.0 Å². The number of halogens is 4. The van der Waals surface area contributed by atoms with Crippen molar-refractivity contribution < 1.29 is 26.0 Å². The lowest BCUT2D eigenvalue weighted by Crippen LogP contribution is -2.16. The Morgan fingerprint density at radius 3 is 2.64 bits per heavy atom. The van der Waals surface area contributed by atoms with Gasteiger partial charge in [0.15, 0.2) is 0 Å². The van der Waals surface area contributed by atoms with Crippen molar-refractivity contribution in [1.82, 2.24) is 15.0 Å². The van der Waals surface area contributed by atoms with Crippen molar-refractivity contribution in [3.8, 4) is 0 Å². The van der Waals surface area contributed by atoms with Crippen molar-refractivity contribution >= 4 is 26.7 Å². The number of hydrogen-bond donors (Lipinski definition) is 2. The maximum atomic E-state index is 13.9. The zero-order valence-corrected chi connectivity index (χ0v) is 13.3. The molecule has 3 rings (SSSR count). The fourth-order valence-corrected chi connectivity index (χ4v) is 3.55. The third-order valence-electron chi connectivity index (χ3n) is 3.54. The number of rotatable bonds is 3. The van der Waals surface area contributed by atoms with Crippen molar-refractivity contribution in [2.24, 2.45) is 0 Å². The van der Waals surface area contributed by atoms with Gasteiger partial charge >= 0.3 is 6.18 Å². The minimum absolute atomic E-state index is 0.194. The predicted octanol–water partition coefficient (Wildman–Crippen LogP) is 3.23. The number of anilines is 1. The van der Waals surface area contributed by atoms with Gasteiger partial charge in [-0.25, -0.2) is 22.8 Å². The van der Waals surface area contributed by atoms with Crippen LogP contribution in [0.3, 0.4) is 0 Å². The van der Waals surface area contributed by atoms with Gasteiger partial charge in [-0.3, -0.25) is 4.72 Å². The van der Waals surface area contributed by atoms with Crippen LogP contribution >= 0.6 is 0 Å². The van der Waals surface area contributed by atoms with Gasteiger partial charge in [-0.2, -0.15) is 13.2 Å². The van der Waals surface area contributed by atoms with Crippen LogP contribution in [0.1, 0.15) is 11.1 Å². The van der Waals surface area contributed by atoms with Crippen LogP contribution in [-0.2, 0) is 16.2 Å². The fraction of sp³-hybridized carbons (Fsp3) is 0.143. The average Bonchev–Trinajstić information content (AvgIpc) is 2.95. The minimum atomic E-state index is -4.87. The SMILES string of the molecule is Cc1c(NS(=O)(=O)c2c[nH]c3ncncc23)ccc(C(F)(F)F)c1F. The molecule has 0 saturated heterocycles. The monoisotopic (exact) mass is 374 g/mol. The Bertz CT molecular complexity index is 1060. The topological polar surface area (TPSA) is 87.7 Å². The van der Waals surface area contributed by atoms with E-state index < -0.39 is 33.1 Å². The molecule has 6 nitrogen and oxygen atoms in total. The van der Waals surface area contributed by atoms with Gasteiger partial charge in [-0.1, -0.05) is 0 Å². The Morgan fingerprint density at radius 1 is 1.24 bits per heavy atom. The molecule has 2 N–H and O–H groups in total. The van der Waals surface area contributed by atoms with Crippen molar-refractivity contribution in [3.05, 3.63) is 47.8 Å². The largest absolute Gasteiger partial charge is 0.419 e. The Balaban J connectivity index is 2.03. The molecular weight excluding hydrogens is 364 g/mol. The van der Waals surface area contributed by atoms with Gasteiger partial charge in [0.25, 0.3) is 10.0 Å². The molecule has 0 spiro atoms. The molecule has 0 radical (unpaired) electrons. The van der Waals surface area contributed by atoms with Crippen molar-refractivity contribution in [1.29, 1.82) is 0 Å². The van der Waals surface area contributed by atoms with Crippen molar-refractivity contribution in [2.75, 3.05) is 4.72 Å². The molecule has 0 atom stereocenters. The third kappa shape index (κ3) is 3.02. The molecule has 0 bridgehead atoms. The van der Waals surface area contributed by atoms with Gasteiger partial charge in [0.2, 0.25) is 0 Å². The van der Waals surface area contributed by atoms with Gasteiger partial charge in [-0.05, 0) is 19.1 Å². The molecule has 2 heterocycles. The van der Waals surface area contributed by atoms with E-state index in [2.05, 4.69) is 19.7 Å². The van der Waals surface area contributed by atoms with Gasteiger partial charge in [0.1, 0.15) is 22.7 Å². The quantitative estimate of drug-likeness (QED) is 0.689. The Hall–Kier alpha value is -2.69. The summed E-state index contributed by atoms with van der Waals surface area (Å²) in [5, 5.41) is 0.194. The average molecular weight is 374 g/mol. The van der Waals surface area contributed by atoms with Crippen LogP contribution in [-0.4, -0.2) is 23.4 Å². The van der Waals surface area contributed by atoms with Crippen LogP contribution in [0.4, 0.5) is 23.2 Å². The molecule has 0 fully saturated rings. The first-order valence-corrected chi connectivity index (χ1v) is 8.26. The van der Waals surface area contributed by atoms with E-state index in [0.29, 0.717) is 6.07 Å². The minimum Gasteiger partial charge on any atom is -0.345 e. The van der Waals surface area contributed by atoms with E-state index >= 15 is 0 Å². The second-order valence-electron chi connectivity index (χ2n) is 5.14. The number of sulfonamides is 1. The van der Waals surface area contributed by atoms with Gasteiger partial charge in [-0.15, -0.1) is 0 Å². The maximum absolute atomic E-state index is 13.9. The number of nitrogens with one attached hydrogen (secondary N) is 2. The number of hydrogen-bond acceptors (Lipinski definition) is 4. The lowest BCUT2D eigenvalue weighted by molar-refractivity contribution is -0.140. The highest BCUT2D eigenvalue weighted by Gasteiger charge is 2.35. The highest BCUT2D eigenvalue weighted by atomic mass is 32.2. The first kappa shape index (κ1) is 17.1. The summed E-state index contributed by atoms with van der Waals surface area (Å²) in [4.78, 5) is 10.0. The molecule has 0 unspecified atom stereocenters. The molecule has 132 valence electrons. The second kappa shape index (κ2) is 5.69. The van der Waals surface area contributed by atoms with E-state index in [-0.39, 0.29) is 21.6 Å². The summed E-state index contributed by atoms with van der Waals surface area (Å²) in [6, 6.07) is 1.35. The first-order valence-electron chi connectivity index (χ1n) is 6.77. The number of alkyl halides is 3. The Morgan fingerprint density at radius 2 is 1.96 bits per heavy atom. The summed E-state index contributed by atoms with van der Waals surface area (Å²) in [5.74, 6) is -1.53. The van der Waals surface area contributed by atoms with Crippen molar-refractivity contribution in [3.63, 3.8) is 0 Å². The highest BCUT2D eigenvalue weighted by Crippen LogP contribution is 2.35. The Kier molecular flexibility index (Phi) is 3.90. The molecule has 3 aromatic rings. The molecule has 0 amide bonds. The summed E-state index contributed by atoms with van der Waals surface area (Å²) in [7, 11) is -4.19. The number of H-pyrrole nitrogens is 1. The van der Waals surface area contributed by atoms with Crippen LogP contribution in [0.15, 0.2) is 35.7 Å². The van der Waals surface area contributed by atoms with Gasteiger partial charge in [0, 0.05) is 18.0 Å². The highest BCUT2D eigenvalue weighted by molar-refractivity contribution is 7.93. The van der Waals surface area contributed by atoms with E-state index in [1.807, 2.05) is 0 Å². The zero-order valence-electron chi connectivity index (χ0n) is 12.5. The van der Waals surface area contributed by atoms with Gasteiger partial charge < -0.3 is 4.98 Å². The molecule has 1 aromatic carbocycles. The molecule has 2 aromatic heterocycles. The molecular formula is C14H10F4N4O2S. The number of fused-ring (bicyclic) bond motifs is 1. The van der Waals surface area contributed by atoms with E-state index in [1.165, 1.54) is 12.5 Å². The smallest absolute Gasteiger partial charge is 0.345 e. The fourth-order valence-electron chi connectivity index (χ4n) is 2.27. The zero-order chi connectivity index (χ0) is 18.4. The lowest BCUT2D eigenvalue weighted by Gasteiger charge is -2.14. The Labute approximate surface area is 139 Å². The van der Waals surface area contributed by atoms with Crippen LogP contribution in [0.25, 0.3) is 11.0 Å². The maximum Gasteiger partial charge on any atom is 0.419 e. The second-order valence-corrected chi connectivity index (χ2v) is 6.79. The molecule has 0 saturated carbocycles. The number of aromatic amines is 1. The van der Waals surface area contributed by atoms with E-state index in [1.54, 1.807) is 0 Å². The molecule has 11 heteroatoms. The summed E-state index contributed by atoms with van der Waals surface area (Å²) in [6.45, 7) is 1.06. The number of benzene rings is 1. The van der Waals surface area contributed by atoms with Crippen LogP contribution in [0.2, 0.25) is 0 Å². The molecule has 0 aliphatic rings. The van der Waals surface area contributed by atoms with Crippen LogP contribution < -0.4 is 4.72 Å². The number of aromatic nitrogens is 3. The van der Waals surface area contributed by atoms with E-state index in [4.69, 9.17) is 0 Å². The molecule has 0 aliphatic heterocycles. The lowest BCUT2D eigenvalue weighted by atomic mass is 10.1. The summed E-state index contributed by atoms with van der Waals surface area (Å²) in [6.07, 6.45) is -1.22. The first-order chi connectivity index (χ1) is 11.6. The van der Waals surface area contributed by atoms with Gasteiger partial charge in [0.05, 0.1) is 16.6 Å².